The summed E-state index contributed by atoms with van der Waals surface area (Å²) in [5.74, 6) is 0.468. The van der Waals surface area contributed by atoms with Crippen molar-refractivity contribution in [3.8, 4) is 22.9 Å². The molecule has 0 amide bonds. The number of aromatic hydroxyl groups is 1. The van der Waals surface area contributed by atoms with Crippen LogP contribution in [0.1, 0.15) is 70.3 Å². The maximum atomic E-state index is 17.3. The minimum atomic E-state index is -0.885. The van der Waals surface area contributed by atoms with Crippen LogP contribution in [0.4, 0.5) is 14.6 Å². The van der Waals surface area contributed by atoms with Gasteiger partial charge in [0.05, 0.1) is 10.6 Å². The standard InChI is InChI=1S/C37H40ClF2N5O2/c1-35-10-11-36(2,43-35)19-44(18-35)33-27-15-28(38)30(26-14-24(46)13-22-5-3-6-25(29(22)26)21-7-8-21)31(40)32(27)41-34(42-33)47-20-37-9-4-12-45(37)17-23(39)16-37/h3,5-6,13-15,21,23,43,46H,4,7-12,16-20H2,1-2H3/t23-,35?,36?,37+/m1/s1. The highest BCUT2D eigenvalue weighted by atomic mass is 35.5. The van der Waals surface area contributed by atoms with Crippen LogP contribution in [0, 0.1) is 5.82 Å². The molecule has 5 aliphatic rings. The molecule has 4 atom stereocenters. The molecule has 0 radical (unpaired) electrons. The Hall–Kier alpha value is -3.27. The zero-order valence-electron chi connectivity index (χ0n) is 26.9. The summed E-state index contributed by atoms with van der Waals surface area (Å²) in [7, 11) is 0. The molecule has 47 heavy (non-hydrogen) atoms. The predicted octanol–water partition coefficient (Wildman–Crippen LogP) is 7.50. The Labute approximate surface area is 278 Å². The SMILES string of the molecule is CC12CCC(C)(CN(c3nc(OC[C@@]45CCCN4C[C@H](F)C5)nc4c(F)c(-c5cc(O)cc6cccc(C7CC7)c56)c(Cl)cc34)C1)N2. The molecule has 5 fully saturated rings. The fourth-order valence-electron chi connectivity index (χ4n) is 9.42. The van der Waals surface area contributed by atoms with Gasteiger partial charge in [0.1, 0.15) is 29.9 Å². The van der Waals surface area contributed by atoms with Gasteiger partial charge in [-0.15, -0.1) is 0 Å². The Kier molecular flexibility index (Phi) is 6.58. The summed E-state index contributed by atoms with van der Waals surface area (Å²) < 4.78 is 38.2. The number of halogens is 3. The first kappa shape index (κ1) is 29.8. The molecule has 7 nitrogen and oxygen atoms in total. The van der Waals surface area contributed by atoms with E-state index in [4.69, 9.17) is 26.3 Å². The van der Waals surface area contributed by atoms with Gasteiger partial charge in [-0.1, -0.05) is 29.8 Å². The number of phenolic OH excluding ortho intramolecular Hbond substituents is 1. The van der Waals surface area contributed by atoms with Gasteiger partial charge in [-0.25, -0.2) is 8.78 Å². The number of anilines is 1. The Morgan fingerprint density at radius 2 is 1.87 bits per heavy atom. The molecule has 2 bridgehead atoms. The highest BCUT2D eigenvalue weighted by Gasteiger charge is 2.50. The molecule has 3 aromatic carbocycles. The molecular weight excluding hydrogens is 620 g/mol. The van der Waals surface area contributed by atoms with Crippen molar-refractivity contribution in [1.29, 1.82) is 0 Å². The van der Waals surface area contributed by atoms with E-state index in [2.05, 4.69) is 35.0 Å². The van der Waals surface area contributed by atoms with Crippen LogP contribution in [0.2, 0.25) is 5.02 Å². The first-order valence-electron chi connectivity index (χ1n) is 17.0. The molecule has 4 aromatic rings. The van der Waals surface area contributed by atoms with E-state index >= 15 is 4.39 Å². The van der Waals surface area contributed by atoms with Crippen LogP contribution in [0.3, 0.4) is 0 Å². The second-order valence-electron chi connectivity index (χ2n) is 15.5. The fourth-order valence-corrected chi connectivity index (χ4v) is 9.72. The van der Waals surface area contributed by atoms with Crippen LogP contribution in [0.15, 0.2) is 36.4 Å². The molecule has 0 spiro atoms. The quantitative estimate of drug-likeness (QED) is 0.222. The maximum absolute atomic E-state index is 17.3. The zero-order chi connectivity index (χ0) is 32.3. The molecule has 1 aromatic heterocycles. The first-order chi connectivity index (χ1) is 22.5. The lowest BCUT2D eigenvalue weighted by Crippen LogP contribution is -2.63. The van der Waals surface area contributed by atoms with E-state index in [1.807, 2.05) is 12.1 Å². The van der Waals surface area contributed by atoms with Crippen molar-refractivity contribution in [2.75, 3.05) is 37.7 Å². The Morgan fingerprint density at radius 1 is 1.09 bits per heavy atom. The number of rotatable bonds is 6. The topological polar surface area (TPSA) is 73.8 Å². The number of ether oxygens (including phenoxy) is 1. The zero-order valence-corrected chi connectivity index (χ0v) is 27.6. The number of nitrogens with zero attached hydrogens (tertiary/aromatic N) is 4. The molecule has 1 aliphatic carbocycles. The maximum Gasteiger partial charge on any atom is 0.319 e. The Bertz CT molecular complexity index is 1940. The van der Waals surface area contributed by atoms with Gasteiger partial charge in [0.2, 0.25) is 0 Å². The van der Waals surface area contributed by atoms with E-state index < -0.39 is 17.5 Å². The third-order valence-corrected chi connectivity index (χ3v) is 11.9. The number of fused-ring (bicyclic) bond motifs is 5. The molecule has 246 valence electrons. The molecule has 1 saturated carbocycles. The first-order valence-corrected chi connectivity index (χ1v) is 17.4. The smallest absolute Gasteiger partial charge is 0.319 e. The van der Waals surface area contributed by atoms with E-state index in [0.717, 1.165) is 61.4 Å². The van der Waals surface area contributed by atoms with E-state index in [1.54, 1.807) is 18.2 Å². The number of alkyl halides is 1. The molecule has 2 N–H and O–H groups in total. The Morgan fingerprint density at radius 3 is 2.64 bits per heavy atom. The van der Waals surface area contributed by atoms with Crippen LogP contribution < -0.4 is 15.0 Å². The van der Waals surface area contributed by atoms with Crippen LogP contribution in [0.25, 0.3) is 32.8 Å². The summed E-state index contributed by atoms with van der Waals surface area (Å²) in [6.07, 6.45) is 5.60. The van der Waals surface area contributed by atoms with Gasteiger partial charge in [0, 0.05) is 48.1 Å². The number of phenols is 1. The summed E-state index contributed by atoms with van der Waals surface area (Å²) in [6, 6.07) is 11.2. The molecule has 5 heterocycles. The number of hydrogen-bond acceptors (Lipinski definition) is 7. The normalized spacial score (nSPS) is 30.5. The fraction of sp³-hybridized carbons (Fsp3) is 0.514. The molecule has 2 unspecified atom stereocenters. The van der Waals surface area contributed by atoms with Gasteiger partial charge in [-0.05, 0) is 105 Å². The summed E-state index contributed by atoms with van der Waals surface area (Å²) in [5.41, 5.74) is 1.40. The number of aromatic nitrogens is 2. The van der Waals surface area contributed by atoms with Crippen molar-refractivity contribution in [3.63, 3.8) is 0 Å². The Balaban J connectivity index is 1.22. The molecule has 4 aliphatic heterocycles. The van der Waals surface area contributed by atoms with Crippen LogP contribution in [0.5, 0.6) is 11.8 Å². The minimum Gasteiger partial charge on any atom is -0.508 e. The number of benzene rings is 3. The van der Waals surface area contributed by atoms with Crippen molar-refractivity contribution in [2.45, 2.75) is 87.5 Å². The average Bonchev–Trinajstić information content (AvgIpc) is 3.67. The van der Waals surface area contributed by atoms with Crippen molar-refractivity contribution in [2.24, 2.45) is 0 Å². The van der Waals surface area contributed by atoms with Crippen LogP contribution >= 0.6 is 11.6 Å². The third-order valence-electron chi connectivity index (χ3n) is 11.6. The average molecular weight is 660 g/mol. The van der Waals surface area contributed by atoms with E-state index in [1.165, 1.54) is 0 Å². The lowest BCUT2D eigenvalue weighted by molar-refractivity contribution is 0.107. The van der Waals surface area contributed by atoms with Gasteiger partial charge in [0.25, 0.3) is 0 Å². The van der Waals surface area contributed by atoms with E-state index in [0.29, 0.717) is 48.7 Å². The van der Waals surface area contributed by atoms with Crippen molar-refractivity contribution in [1.82, 2.24) is 20.2 Å². The lowest BCUT2D eigenvalue weighted by Gasteiger charge is -2.45. The molecular formula is C37H40ClF2N5O2. The van der Waals surface area contributed by atoms with Crippen molar-refractivity contribution >= 4 is 39.1 Å². The summed E-state index contributed by atoms with van der Waals surface area (Å²) in [5, 5.41) is 17.1. The van der Waals surface area contributed by atoms with Gasteiger partial charge in [-0.3, -0.25) is 4.90 Å². The number of hydrogen-bond donors (Lipinski definition) is 2. The highest BCUT2D eigenvalue weighted by molar-refractivity contribution is 6.35. The number of nitrogens with one attached hydrogen (secondary N) is 1. The molecule has 4 saturated heterocycles. The third kappa shape index (κ3) is 4.86. The van der Waals surface area contributed by atoms with Crippen LogP contribution in [-0.4, -0.2) is 75.5 Å². The van der Waals surface area contributed by atoms with E-state index in [9.17, 15) is 9.50 Å². The second kappa shape index (κ2) is 10.4. The van der Waals surface area contributed by atoms with E-state index in [-0.39, 0.29) is 45.5 Å². The highest BCUT2D eigenvalue weighted by Crippen LogP contribution is 2.49. The minimum absolute atomic E-state index is 0.0456. The summed E-state index contributed by atoms with van der Waals surface area (Å²) in [4.78, 5) is 14.1. The summed E-state index contributed by atoms with van der Waals surface area (Å²) in [6.45, 7) is 7.35. The molecule has 9 rings (SSSR count). The van der Waals surface area contributed by atoms with Gasteiger partial charge in [-0.2, -0.15) is 9.97 Å². The summed E-state index contributed by atoms with van der Waals surface area (Å²) >= 11 is 7.06. The molecule has 10 heteroatoms. The monoisotopic (exact) mass is 659 g/mol. The van der Waals surface area contributed by atoms with Gasteiger partial charge < -0.3 is 20.1 Å². The number of piperazine rings is 1. The lowest BCUT2D eigenvalue weighted by atomic mass is 9.91. The van der Waals surface area contributed by atoms with Gasteiger partial charge in [0.15, 0.2) is 5.82 Å². The largest absolute Gasteiger partial charge is 0.508 e. The van der Waals surface area contributed by atoms with Gasteiger partial charge >= 0.3 is 6.01 Å². The second-order valence-corrected chi connectivity index (χ2v) is 15.9. The van der Waals surface area contributed by atoms with Crippen molar-refractivity contribution < 1.29 is 18.6 Å². The van der Waals surface area contributed by atoms with Crippen LogP contribution in [-0.2, 0) is 0 Å². The van der Waals surface area contributed by atoms with Crippen molar-refractivity contribution in [3.05, 3.63) is 52.8 Å². The predicted molar refractivity (Wildman–Crippen MR) is 181 cm³/mol.